The maximum atomic E-state index is 12.6. The lowest BCUT2D eigenvalue weighted by molar-refractivity contribution is 0.0343. The van der Waals surface area contributed by atoms with Crippen LogP contribution in [0.3, 0.4) is 0 Å². The van der Waals surface area contributed by atoms with Crippen molar-refractivity contribution < 1.29 is 9.53 Å². The van der Waals surface area contributed by atoms with Crippen LogP contribution in [0.25, 0.3) is 5.70 Å². The Hall–Kier alpha value is -2.55. The highest BCUT2D eigenvalue weighted by Crippen LogP contribution is 2.22. The minimum absolute atomic E-state index is 0.393. The van der Waals surface area contributed by atoms with E-state index in [0.29, 0.717) is 12.2 Å². The molecule has 0 unspecified atom stereocenters. The fourth-order valence-electron chi connectivity index (χ4n) is 2.14. The van der Waals surface area contributed by atoms with Crippen LogP contribution in [0.2, 0.25) is 0 Å². The third kappa shape index (κ3) is 4.99. The van der Waals surface area contributed by atoms with Crippen LogP contribution in [0, 0.1) is 0 Å². The molecule has 0 radical (unpaired) electrons. The summed E-state index contributed by atoms with van der Waals surface area (Å²) in [7, 11) is 0. The lowest BCUT2D eigenvalue weighted by Gasteiger charge is -2.29. The molecule has 0 aliphatic rings. The van der Waals surface area contributed by atoms with Gasteiger partial charge in [-0.25, -0.2) is 4.79 Å². The molecule has 3 heteroatoms. The maximum Gasteiger partial charge on any atom is 0.415 e. The zero-order chi connectivity index (χ0) is 16.9. The molecule has 0 N–H and O–H groups in total. The molecule has 3 nitrogen and oxygen atoms in total. The number of rotatable bonds is 4. The minimum Gasteiger partial charge on any atom is -0.443 e. The number of amides is 1. The van der Waals surface area contributed by atoms with E-state index in [0.717, 1.165) is 11.1 Å². The number of nitrogens with zero attached hydrogens (tertiary/aromatic N) is 1. The van der Waals surface area contributed by atoms with Crippen LogP contribution in [-0.4, -0.2) is 16.6 Å². The van der Waals surface area contributed by atoms with Crippen molar-refractivity contribution in [3.05, 3.63) is 78.4 Å². The molecule has 2 rings (SSSR count). The highest BCUT2D eigenvalue weighted by molar-refractivity contribution is 5.81. The Morgan fingerprint density at radius 3 is 2.04 bits per heavy atom. The van der Waals surface area contributed by atoms with Gasteiger partial charge in [-0.2, -0.15) is 0 Å². The molecule has 0 aliphatic carbocycles. The molecule has 0 heterocycles. The van der Waals surface area contributed by atoms with E-state index in [-0.39, 0.29) is 0 Å². The molecule has 0 aromatic heterocycles. The monoisotopic (exact) mass is 309 g/mol. The molecule has 0 fully saturated rings. The predicted octanol–water partition coefficient (Wildman–Crippen LogP) is 5.09. The van der Waals surface area contributed by atoms with Crippen molar-refractivity contribution in [3.8, 4) is 0 Å². The Kier molecular flexibility index (Phi) is 5.22. The molecule has 0 bridgehead atoms. The van der Waals surface area contributed by atoms with Crippen molar-refractivity contribution in [2.45, 2.75) is 32.9 Å². The van der Waals surface area contributed by atoms with Gasteiger partial charge in [0.05, 0.1) is 6.54 Å². The van der Waals surface area contributed by atoms with Gasteiger partial charge in [-0.1, -0.05) is 67.2 Å². The summed E-state index contributed by atoms with van der Waals surface area (Å²) in [5.41, 5.74) is 2.00. The Bertz CT molecular complexity index is 657. The average Bonchev–Trinajstić information content (AvgIpc) is 2.52. The van der Waals surface area contributed by atoms with Gasteiger partial charge in [-0.3, -0.25) is 4.90 Å². The first-order valence-electron chi connectivity index (χ1n) is 7.65. The van der Waals surface area contributed by atoms with Crippen LogP contribution in [0.4, 0.5) is 4.79 Å². The lowest BCUT2D eigenvalue weighted by atomic mass is 10.1. The SMILES string of the molecule is C=C(c1ccccc1)N(Cc1ccccc1)C(=O)OC(C)(C)C. The second-order valence-corrected chi connectivity index (χ2v) is 6.36. The summed E-state index contributed by atoms with van der Waals surface area (Å²) in [4.78, 5) is 14.2. The van der Waals surface area contributed by atoms with Crippen molar-refractivity contribution in [2.24, 2.45) is 0 Å². The van der Waals surface area contributed by atoms with E-state index in [1.165, 1.54) is 0 Å². The van der Waals surface area contributed by atoms with E-state index in [2.05, 4.69) is 6.58 Å². The molecule has 0 atom stereocenters. The van der Waals surface area contributed by atoms with E-state index in [1.54, 1.807) is 4.90 Å². The quantitative estimate of drug-likeness (QED) is 0.787. The van der Waals surface area contributed by atoms with Gasteiger partial charge in [0, 0.05) is 5.70 Å². The first kappa shape index (κ1) is 16.8. The van der Waals surface area contributed by atoms with Crippen LogP contribution in [0.15, 0.2) is 67.2 Å². The number of hydrogen-bond donors (Lipinski definition) is 0. The Labute approximate surface area is 138 Å². The Morgan fingerprint density at radius 2 is 1.52 bits per heavy atom. The fraction of sp³-hybridized carbons (Fsp3) is 0.250. The number of ether oxygens (including phenoxy) is 1. The number of carbonyl (C=O) groups excluding carboxylic acids is 1. The third-order valence-electron chi connectivity index (χ3n) is 3.23. The Morgan fingerprint density at radius 1 is 1.00 bits per heavy atom. The van der Waals surface area contributed by atoms with Gasteiger partial charge in [0.25, 0.3) is 0 Å². The first-order valence-corrected chi connectivity index (χ1v) is 7.65. The van der Waals surface area contributed by atoms with Crippen molar-refractivity contribution in [2.75, 3.05) is 0 Å². The molecule has 2 aromatic rings. The van der Waals surface area contributed by atoms with Crippen molar-refractivity contribution in [1.82, 2.24) is 4.90 Å². The Balaban J connectivity index is 2.27. The van der Waals surface area contributed by atoms with E-state index in [4.69, 9.17) is 4.74 Å². The molecule has 0 aliphatic heterocycles. The smallest absolute Gasteiger partial charge is 0.415 e. The van der Waals surface area contributed by atoms with Gasteiger partial charge < -0.3 is 4.74 Å². The van der Waals surface area contributed by atoms with Crippen molar-refractivity contribution in [1.29, 1.82) is 0 Å². The van der Waals surface area contributed by atoms with Crippen LogP contribution in [-0.2, 0) is 11.3 Å². The maximum absolute atomic E-state index is 12.6. The first-order chi connectivity index (χ1) is 10.9. The van der Waals surface area contributed by atoms with Gasteiger partial charge in [0.1, 0.15) is 5.60 Å². The topological polar surface area (TPSA) is 29.5 Å². The third-order valence-corrected chi connectivity index (χ3v) is 3.23. The summed E-state index contributed by atoms with van der Waals surface area (Å²) in [5.74, 6) is 0. The highest BCUT2D eigenvalue weighted by Gasteiger charge is 2.24. The van der Waals surface area contributed by atoms with E-state index < -0.39 is 11.7 Å². The molecule has 0 saturated carbocycles. The molecule has 0 spiro atoms. The lowest BCUT2D eigenvalue weighted by Crippen LogP contribution is -2.35. The molecule has 1 amide bonds. The highest BCUT2D eigenvalue weighted by atomic mass is 16.6. The van der Waals surface area contributed by atoms with Crippen LogP contribution >= 0.6 is 0 Å². The molecular weight excluding hydrogens is 286 g/mol. The standard InChI is InChI=1S/C20H23NO2/c1-16(18-13-9-6-10-14-18)21(19(22)23-20(2,3)4)15-17-11-7-5-8-12-17/h5-14H,1,15H2,2-4H3. The van der Waals surface area contributed by atoms with Crippen molar-refractivity contribution >= 4 is 11.8 Å². The van der Waals surface area contributed by atoms with Gasteiger partial charge in [-0.15, -0.1) is 0 Å². The normalized spacial score (nSPS) is 10.9. The van der Waals surface area contributed by atoms with Gasteiger partial charge >= 0.3 is 6.09 Å². The summed E-state index contributed by atoms with van der Waals surface area (Å²) in [6.45, 7) is 10.1. The molecular formula is C20H23NO2. The van der Waals surface area contributed by atoms with Gasteiger partial charge in [0.15, 0.2) is 0 Å². The molecule has 23 heavy (non-hydrogen) atoms. The van der Waals surface area contributed by atoms with E-state index in [1.807, 2.05) is 81.4 Å². The summed E-state index contributed by atoms with van der Waals surface area (Å²) >= 11 is 0. The molecule has 120 valence electrons. The zero-order valence-corrected chi connectivity index (χ0v) is 14.0. The summed E-state index contributed by atoms with van der Waals surface area (Å²) < 4.78 is 5.54. The van der Waals surface area contributed by atoms with E-state index in [9.17, 15) is 4.79 Å². The fourth-order valence-corrected chi connectivity index (χ4v) is 2.14. The minimum atomic E-state index is -0.553. The van der Waals surface area contributed by atoms with Crippen LogP contribution in [0.5, 0.6) is 0 Å². The molecule has 0 saturated heterocycles. The van der Waals surface area contributed by atoms with Crippen LogP contribution in [0.1, 0.15) is 31.9 Å². The summed E-state index contributed by atoms with van der Waals surface area (Å²) in [6, 6.07) is 19.5. The largest absolute Gasteiger partial charge is 0.443 e. The average molecular weight is 309 g/mol. The van der Waals surface area contributed by atoms with Gasteiger partial charge in [0.2, 0.25) is 0 Å². The zero-order valence-electron chi connectivity index (χ0n) is 14.0. The number of benzene rings is 2. The second kappa shape index (κ2) is 7.14. The predicted molar refractivity (Wildman–Crippen MR) is 93.7 cm³/mol. The second-order valence-electron chi connectivity index (χ2n) is 6.36. The van der Waals surface area contributed by atoms with E-state index >= 15 is 0 Å². The van der Waals surface area contributed by atoms with Crippen LogP contribution < -0.4 is 0 Å². The van der Waals surface area contributed by atoms with Crippen molar-refractivity contribution in [3.63, 3.8) is 0 Å². The number of carbonyl (C=O) groups is 1. The summed E-state index contributed by atoms with van der Waals surface area (Å²) in [5, 5.41) is 0. The molecule has 2 aromatic carbocycles. The number of hydrogen-bond acceptors (Lipinski definition) is 2. The van der Waals surface area contributed by atoms with Gasteiger partial charge in [-0.05, 0) is 31.9 Å². The summed E-state index contributed by atoms with van der Waals surface area (Å²) in [6.07, 6.45) is -0.393.